The highest BCUT2D eigenvalue weighted by molar-refractivity contribution is 5.80. The number of carbonyl (C=O) groups is 1. The molecule has 0 saturated heterocycles. The fourth-order valence-corrected chi connectivity index (χ4v) is 4.64. The minimum atomic E-state index is -0.127. The summed E-state index contributed by atoms with van der Waals surface area (Å²) in [6.07, 6.45) is 6.44. The SMILES string of the molecule is Cc1ccc(OCCCn2c(C(C)NC(=O)C3CCCCC3)nc3ccccc32)cc1C. The highest BCUT2D eigenvalue weighted by atomic mass is 16.5. The summed E-state index contributed by atoms with van der Waals surface area (Å²) in [7, 11) is 0. The minimum Gasteiger partial charge on any atom is -0.494 e. The topological polar surface area (TPSA) is 56.1 Å². The molecule has 0 bridgehead atoms. The summed E-state index contributed by atoms with van der Waals surface area (Å²) >= 11 is 0. The van der Waals surface area contributed by atoms with E-state index in [0.29, 0.717) is 6.61 Å². The molecule has 5 nitrogen and oxygen atoms in total. The number of aromatic nitrogens is 2. The van der Waals surface area contributed by atoms with E-state index in [-0.39, 0.29) is 17.9 Å². The summed E-state index contributed by atoms with van der Waals surface area (Å²) in [4.78, 5) is 17.7. The van der Waals surface area contributed by atoms with E-state index in [1.54, 1.807) is 0 Å². The van der Waals surface area contributed by atoms with E-state index in [1.807, 2.05) is 31.2 Å². The normalized spacial score (nSPS) is 15.6. The van der Waals surface area contributed by atoms with Crippen LogP contribution in [0.1, 0.15) is 68.4 Å². The number of amides is 1. The molecule has 1 amide bonds. The monoisotopic (exact) mass is 433 g/mol. The second kappa shape index (κ2) is 10.2. The van der Waals surface area contributed by atoms with Gasteiger partial charge in [-0.05, 0) is 75.4 Å². The minimum absolute atomic E-state index is 0.127. The van der Waals surface area contributed by atoms with Crippen molar-refractivity contribution in [3.63, 3.8) is 0 Å². The highest BCUT2D eigenvalue weighted by Crippen LogP contribution is 2.26. The van der Waals surface area contributed by atoms with Crippen LogP contribution < -0.4 is 10.1 Å². The van der Waals surface area contributed by atoms with Crippen molar-refractivity contribution < 1.29 is 9.53 Å². The summed E-state index contributed by atoms with van der Waals surface area (Å²) in [6, 6.07) is 14.3. The van der Waals surface area contributed by atoms with Crippen LogP contribution in [0.15, 0.2) is 42.5 Å². The molecule has 0 radical (unpaired) electrons. The van der Waals surface area contributed by atoms with Crippen molar-refractivity contribution in [2.45, 2.75) is 71.9 Å². The quantitative estimate of drug-likeness (QED) is 0.451. The number of benzene rings is 2. The maximum atomic E-state index is 12.8. The zero-order valence-corrected chi connectivity index (χ0v) is 19.6. The van der Waals surface area contributed by atoms with Crippen LogP contribution in [0.3, 0.4) is 0 Å². The zero-order valence-electron chi connectivity index (χ0n) is 19.6. The molecule has 32 heavy (non-hydrogen) atoms. The molecule has 1 saturated carbocycles. The van der Waals surface area contributed by atoms with E-state index in [9.17, 15) is 4.79 Å². The number of rotatable bonds is 8. The fourth-order valence-electron chi connectivity index (χ4n) is 4.64. The second-order valence-corrected chi connectivity index (χ2v) is 9.12. The van der Waals surface area contributed by atoms with Crippen LogP contribution in [-0.2, 0) is 11.3 Å². The van der Waals surface area contributed by atoms with Crippen LogP contribution in [0, 0.1) is 19.8 Å². The van der Waals surface area contributed by atoms with Gasteiger partial charge in [0.2, 0.25) is 5.91 Å². The third kappa shape index (κ3) is 5.14. The van der Waals surface area contributed by atoms with Gasteiger partial charge in [-0.2, -0.15) is 0 Å². The van der Waals surface area contributed by atoms with E-state index in [0.717, 1.165) is 61.3 Å². The standard InChI is InChI=1S/C27H35N3O2/c1-19-14-15-23(18-20(19)2)32-17-9-16-30-25-13-8-7-12-24(25)29-26(30)21(3)28-27(31)22-10-5-4-6-11-22/h7-8,12-15,18,21-22H,4-6,9-11,16-17H2,1-3H3,(H,28,31). The molecule has 2 aromatic carbocycles. The molecule has 1 aromatic heterocycles. The van der Waals surface area contributed by atoms with E-state index < -0.39 is 0 Å². The van der Waals surface area contributed by atoms with Crippen LogP contribution in [0.2, 0.25) is 0 Å². The first-order chi connectivity index (χ1) is 15.5. The molecule has 5 heteroatoms. The Morgan fingerprint density at radius 3 is 2.69 bits per heavy atom. The highest BCUT2D eigenvalue weighted by Gasteiger charge is 2.24. The fraction of sp³-hybridized carbons (Fsp3) is 0.481. The third-order valence-corrected chi connectivity index (χ3v) is 6.68. The molecule has 1 fully saturated rings. The molecule has 170 valence electrons. The number of nitrogens with one attached hydrogen (secondary N) is 1. The first-order valence-electron chi connectivity index (χ1n) is 12.0. The number of carbonyl (C=O) groups excluding carboxylic acids is 1. The second-order valence-electron chi connectivity index (χ2n) is 9.12. The largest absolute Gasteiger partial charge is 0.494 e. The molecule has 1 aliphatic carbocycles. The van der Waals surface area contributed by atoms with Gasteiger partial charge in [0.15, 0.2) is 0 Å². The molecule has 0 spiro atoms. The number of hydrogen-bond donors (Lipinski definition) is 1. The molecule has 3 aromatic rings. The van der Waals surface area contributed by atoms with E-state index in [2.05, 4.69) is 41.9 Å². The summed E-state index contributed by atoms with van der Waals surface area (Å²) in [5.74, 6) is 2.16. The van der Waals surface area contributed by atoms with Gasteiger partial charge in [-0.25, -0.2) is 4.98 Å². The van der Waals surface area contributed by atoms with Crippen LogP contribution in [0.5, 0.6) is 5.75 Å². The lowest BCUT2D eigenvalue weighted by atomic mass is 9.88. The van der Waals surface area contributed by atoms with Crippen molar-refractivity contribution in [1.82, 2.24) is 14.9 Å². The molecule has 1 N–H and O–H groups in total. The number of hydrogen-bond acceptors (Lipinski definition) is 3. The Bertz CT molecular complexity index is 1070. The van der Waals surface area contributed by atoms with E-state index in [1.165, 1.54) is 17.5 Å². The molecule has 1 atom stereocenters. The molecule has 1 heterocycles. The summed E-state index contributed by atoms with van der Waals surface area (Å²) in [5.41, 5.74) is 4.59. The summed E-state index contributed by atoms with van der Waals surface area (Å²) < 4.78 is 8.23. The van der Waals surface area contributed by atoms with Gasteiger partial charge >= 0.3 is 0 Å². The molecule has 1 aliphatic rings. The average molecular weight is 434 g/mol. The summed E-state index contributed by atoms with van der Waals surface area (Å²) in [5, 5.41) is 3.24. The number of nitrogens with zero attached hydrogens (tertiary/aromatic N) is 2. The molecule has 4 rings (SSSR count). The van der Waals surface area contributed by atoms with Crippen LogP contribution in [-0.4, -0.2) is 22.1 Å². The van der Waals surface area contributed by atoms with Gasteiger partial charge in [-0.3, -0.25) is 4.79 Å². The molecule has 1 unspecified atom stereocenters. The molecular weight excluding hydrogens is 398 g/mol. The number of imidazole rings is 1. The predicted molar refractivity (Wildman–Crippen MR) is 129 cm³/mol. The van der Waals surface area contributed by atoms with Crippen LogP contribution in [0.4, 0.5) is 0 Å². The third-order valence-electron chi connectivity index (χ3n) is 6.68. The predicted octanol–water partition coefficient (Wildman–Crippen LogP) is 5.88. The van der Waals surface area contributed by atoms with E-state index in [4.69, 9.17) is 9.72 Å². The Hall–Kier alpha value is -2.82. The number of para-hydroxylation sites is 2. The van der Waals surface area contributed by atoms with Gasteiger partial charge in [-0.1, -0.05) is 37.5 Å². The van der Waals surface area contributed by atoms with E-state index >= 15 is 0 Å². The van der Waals surface area contributed by atoms with Gasteiger partial charge in [0, 0.05) is 12.5 Å². The maximum Gasteiger partial charge on any atom is 0.223 e. The lowest BCUT2D eigenvalue weighted by molar-refractivity contribution is -0.126. The van der Waals surface area contributed by atoms with Gasteiger partial charge in [0.05, 0.1) is 23.7 Å². The van der Waals surface area contributed by atoms with Gasteiger partial charge < -0.3 is 14.6 Å². The van der Waals surface area contributed by atoms with Crippen LogP contribution >= 0.6 is 0 Å². The smallest absolute Gasteiger partial charge is 0.223 e. The van der Waals surface area contributed by atoms with Crippen LogP contribution in [0.25, 0.3) is 11.0 Å². The first-order valence-corrected chi connectivity index (χ1v) is 12.0. The van der Waals surface area contributed by atoms with Crippen molar-refractivity contribution in [3.05, 3.63) is 59.4 Å². The van der Waals surface area contributed by atoms with Crippen molar-refractivity contribution in [2.75, 3.05) is 6.61 Å². The lowest BCUT2D eigenvalue weighted by Gasteiger charge is -2.23. The zero-order chi connectivity index (χ0) is 22.5. The van der Waals surface area contributed by atoms with Crippen molar-refractivity contribution in [3.8, 4) is 5.75 Å². The van der Waals surface area contributed by atoms with Gasteiger partial charge in [0.25, 0.3) is 0 Å². The van der Waals surface area contributed by atoms with Gasteiger partial charge in [0.1, 0.15) is 11.6 Å². The number of ether oxygens (including phenoxy) is 1. The van der Waals surface area contributed by atoms with Crippen molar-refractivity contribution >= 4 is 16.9 Å². The Morgan fingerprint density at radius 2 is 1.91 bits per heavy atom. The molecular formula is C27H35N3O2. The Kier molecular flexibility index (Phi) is 7.13. The lowest BCUT2D eigenvalue weighted by Crippen LogP contribution is -2.35. The Labute approximate surface area is 191 Å². The van der Waals surface area contributed by atoms with Gasteiger partial charge in [-0.15, -0.1) is 0 Å². The molecule has 0 aliphatic heterocycles. The number of fused-ring (bicyclic) bond motifs is 1. The Morgan fingerprint density at radius 1 is 1.12 bits per heavy atom. The average Bonchev–Trinajstić information content (AvgIpc) is 3.18. The van der Waals surface area contributed by atoms with Crippen molar-refractivity contribution in [2.24, 2.45) is 5.92 Å². The summed E-state index contributed by atoms with van der Waals surface area (Å²) in [6.45, 7) is 7.69. The Balaban J connectivity index is 1.43. The maximum absolute atomic E-state index is 12.8. The first kappa shape index (κ1) is 22.4. The van der Waals surface area contributed by atoms with Crippen molar-refractivity contribution in [1.29, 1.82) is 0 Å². The number of aryl methyl sites for hydroxylation is 3.